The van der Waals surface area contributed by atoms with Crippen molar-refractivity contribution in [1.29, 1.82) is 0 Å². The lowest BCUT2D eigenvalue weighted by atomic mass is 10.2. The first-order valence-corrected chi connectivity index (χ1v) is 7.71. The number of rotatable bonds is 4. The van der Waals surface area contributed by atoms with Gasteiger partial charge in [0.2, 0.25) is 0 Å². The van der Waals surface area contributed by atoms with Crippen LogP contribution >= 0.6 is 34.2 Å². The fourth-order valence-electron chi connectivity index (χ4n) is 1.34. The van der Waals surface area contributed by atoms with Gasteiger partial charge in [-0.25, -0.2) is 9.78 Å². The van der Waals surface area contributed by atoms with E-state index >= 15 is 0 Å². The number of halogens is 2. The van der Waals surface area contributed by atoms with E-state index in [0.29, 0.717) is 9.13 Å². The van der Waals surface area contributed by atoms with Crippen molar-refractivity contribution in [3.8, 4) is 0 Å². The highest BCUT2D eigenvalue weighted by Gasteiger charge is 2.16. The first kappa shape index (κ1) is 18.0. The fraction of sp³-hybridized carbons (Fsp3) is 0.462. The molecule has 1 aromatic rings. The van der Waals surface area contributed by atoms with Crippen LogP contribution in [0.1, 0.15) is 31.1 Å². The summed E-state index contributed by atoms with van der Waals surface area (Å²) in [6, 6.07) is 1.59. The predicted molar refractivity (Wildman–Crippen MR) is 88.5 cm³/mol. The van der Waals surface area contributed by atoms with E-state index in [1.165, 1.54) is 6.20 Å². The molecule has 6 nitrogen and oxygen atoms in total. The van der Waals surface area contributed by atoms with E-state index in [0.717, 1.165) is 0 Å². The molecule has 0 unspecified atom stereocenters. The summed E-state index contributed by atoms with van der Waals surface area (Å²) in [5, 5.41) is 5.53. The number of pyridine rings is 1. The Morgan fingerprint density at radius 1 is 1.33 bits per heavy atom. The molecule has 0 aliphatic carbocycles. The van der Waals surface area contributed by atoms with Crippen LogP contribution in [-0.4, -0.2) is 35.7 Å². The minimum absolute atomic E-state index is 0.269. The molecule has 0 aliphatic rings. The molecule has 2 N–H and O–H groups in total. The van der Waals surface area contributed by atoms with Gasteiger partial charge < -0.3 is 15.4 Å². The van der Waals surface area contributed by atoms with Crippen molar-refractivity contribution in [2.45, 2.75) is 26.4 Å². The maximum Gasteiger partial charge on any atom is 0.407 e. The molecule has 0 aromatic carbocycles. The van der Waals surface area contributed by atoms with Crippen molar-refractivity contribution in [3.63, 3.8) is 0 Å². The highest BCUT2D eigenvalue weighted by molar-refractivity contribution is 14.1. The number of alkyl carbamates (subject to hydrolysis) is 1. The molecule has 21 heavy (non-hydrogen) atoms. The topological polar surface area (TPSA) is 80.3 Å². The van der Waals surface area contributed by atoms with Crippen LogP contribution in [0.3, 0.4) is 0 Å². The number of nitrogens with zero attached hydrogens (tertiary/aromatic N) is 1. The number of nitrogens with one attached hydrogen (secondary N) is 2. The summed E-state index contributed by atoms with van der Waals surface area (Å²) in [5.74, 6) is -0.269. The smallest absolute Gasteiger partial charge is 0.407 e. The third-order valence-corrected chi connectivity index (χ3v) is 3.87. The molecule has 0 spiro atoms. The third kappa shape index (κ3) is 6.47. The van der Waals surface area contributed by atoms with Gasteiger partial charge in [-0.1, -0.05) is 11.6 Å². The van der Waals surface area contributed by atoms with Crippen LogP contribution < -0.4 is 10.6 Å². The normalized spacial score (nSPS) is 10.9. The Morgan fingerprint density at radius 3 is 2.57 bits per heavy atom. The van der Waals surface area contributed by atoms with Gasteiger partial charge in [0.25, 0.3) is 5.91 Å². The van der Waals surface area contributed by atoms with Crippen LogP contribution in [0.5, 0.6) is 0 Å². The first-order chi connectivity index (χ1) is 9.70. The number of amides is 2. The Morgan fingerprint density at radius 2 is 1.95 bits per heavy atom. The summed E-state index contributed by atoms with van der Waals surface area (Å²) >= 11 is 7.81. The molecule has 0 atom stereocenters. The van der Waals surface area contributed by atoms with Crippen LogP contribution in [0.4, 0.5) is 4.79 Å². The van der Waals surface area contributed by atoms with Crippen molar-refractivity contribution in [3.05, 3.63) is 26.5 Å². The molecule has 1 heterocycles. The van der Waals surface area contributed by atoms with Gasteiger partial charge in [-0.3, -0.25) is 4.79 Å². The SMILES string of the molecule is CC(C)(C)OC(=O)NCCNC(=O)c1ccnc(Cl)c1I. The Labute approximate surface area is 142 Å². The lowest BCUT2D eigenvalue weighted by Gasteiger charge is -2.19. The van der Waals surface area contributed by atoms with Crippen molar-refractivity contribution in [2.75, 3.05) is 13.1 Å². The summed E-state index contributed by atoms with van der Waals surface area (Å²) in [7, 11) is 0. The number of ether oxygens (including phenoxy) is 1. The maximum absolute atomic E-state index is 11.9. The lowest BCUT2D eigenvalue weighted by molar-refractivity contribution is 0.0526. The largest absolute Gasteiger partial charge is 0.444 e. The molecule has 0 saturated carbocycles. The van der Waals surface area contributed by atoms with Crippen molar-refractivity contribution >= 4 is 46.2 Å². The Balaban J connectivity index is 2.38. The van der Waals surface area contributed by atoms with E-state index in [2.05, 4.69) is 15.6 Å². The Hall–Kier alpha value is -1.09. The summed E-state index contributed by atoms with van der Waals surface area (Å²) in [4.78, 5) is 27.2. The quantitative estimate of drug-likeness (QED) is 0.441. The minimum atomic E-state index is -0.544. The molecule has 0 aliphatic heterocycles. The zero-order valence-corrected chi connectivity index (χ0v) is 14.9. The van der Waals surface area contributed by atoms with E-state index in [4.69, 9.17) is 16.3 Å². The molecule has 0 fully saturated rings. The molecule has 116 valence electrons. The number of hydrogen-bond acceptors (Lipinski definition) is 4. The second-order valence-electron chi connectivity index (χ2n) is 5.15. The molecule has 0 saturated heterocycles. The number of carbonyl (C=O) groups is 2. The average molecular weight is 426 g/mol. The summed E-state index contributed by atoms with van der Waals surface area (Å²) < 4.78 is 5.67. The zero-order chi connectivity index (χ0) is 16.0. The second kappa shape index (κ2) is 7.79. The molecule has 0 bridgehead atoms. The maximum atomic E-state index is 11.9. The van der Waals surface area contributed by atoms with E-state index in [1.54, 1.807) is 26.8 Å². The molecular formula is C13H17ClIN3O3. The minimum Gasteiger partial charge on any atom is -0.444 e. The van der Waals surface area contributed by atoms with Gasteiger partial charge in [0, 0.05) is 19.3 Å². The third-order valence-electron chi connectivity index (χ3n) is 2.17. The molecule has 0 radical (unpaired) electrons. The van der Waals surface area contributed by atoms with Gasteiger partial charge >= 0.3 is 6.09 Å². The van der Waals surface area contributed by atoms with Gasteiger partial charge in [0.15, 0.2) is 0 Å². The second-order valence-corrected chi connectivity index (χ2v) is 6.58. The number of aromatic nitrogens is 1. The van der Waals surface area contributed by atoms with E-state index < -0.39 is 11.7 Å². The summed E-state index contributed by atoms with van der Waals surface area (Å²) in [5.41, 5.74) is -0.0927. The fourth-order valence-corrected chi connectivity index (χ4v) is 2.07. The van der Waals surface area contributed by atoms with Crippen LogP contribution in [0, 0.1) is 3.57 Å². The van der Waals surface area contributed by atoms with E-state index in [9.17, 15) is 9.59 Å². The van der Waals surface area contributed by atoms with Gasteiger partial charge in [-0.05, 0) is 49.4 Å². The highest BCUT2D eigenvalue weighted by atomic mass is 127. The molecule has 1 aromatic heterocycles. The Bertz CT molecular complexity index is 532. The van der Waals surface area contributed by atoms with Gasteiger partial charge in [0.05, 0.1) is 9.13 Å². The molecule has 1 rings (SSSR count). The highest BCUT2D eigenvalue weighted by Crippen LogP contribution is 2.19. The molecular weight excluding hydrogens is 409 g/mol. The molecule has 8 heteroatoms. The first-order valence-electron chi connectivity index (χ1n) is 6.26. The van der Waals surface area contributed by atoms with Crippen molar-refractivity contribution < 1.29 is 14.3 Å². The van der Waals surface area contributed by atoms with Crippen molar-refractivity contribution in [1.82, 2.24) is 15.6 Å². The van der Waals surface area contributed by atoms with Gasteiger partial charge in [0.1, 0.15) is 10.8 Å². The standard InChI is InChI=1S/C13H17ClIN3O3/c1-13(2,3)21-12(20)18-7-6-17-11(19)8-4-5-16-10(14)9(8)15/h4-5H,6-7H2,1-3H3,(H,17,19)(H,18,20). The molecule has 2 amide bonds. The van der Waals surface area contributed by atoms with Crippen LogP contribution in [0.15, 0.2) is 12.3 Å². The van der Waals surface area contributed by atoms with Crippen LogP contribution in [-0.2, 0) is 4.74 Å². The van der Waals surface area contributed by atoms with Gasteiger partial charge in [-0.2, -0.15) is 0 Å². The number of hydrogen-bond donors (Lipinski definition) is 2. The average Bonchev–Trinajstić information content (AvgIpc) is 2.35. The Kier molecular flexibility index (Phi) is 6.66. The number of carbonyl (C=O) groups excluding carboxylic acids is 2. The predicted octanol–water partition coefficient (Wildman–Crippen LogP) is 2.59. The van der Waals surface area contributed by atoms with Crippen molar-refractivity contribution in [2.24, 2.45) is 0 Å². The van der Waals surface area contributed by atoms with Gasteiger partial charge in [-0.15, -0.1) is 0 Å². The lowest BCUT2D eigenvalue weighted by Crippen LogP contribution is -2.38. The summed E-state index contributed by atoms with van der Waals surface area (Å²) in [6.07, 6.45) is 0.955. The monoisotopic (exact) mass is 425 g/mol. The summed E-state index contributed by atoms with van der Waals surface area (Å²) in [6.45, 7) is 5.90. The van der Waals surface area contributed by atoms with E-state index in [-0.39, 0.29) is 24.1 Å². The zero-order valence-electron chi connectivity index (χ0n) is 12.0. The van der Waals surface area contributed by atoms with Crippen LogP contribution in [0.2, 0.25) is 5.15 Å². The van der Waals surface area contributed by atoms with Crippen LogP contribution in [0.25, 0.3) is 0 Å². The van der Waals surface area contributed by atoms with E-state index in [1.807, 2.05) is 22.6 Å².